The molecule has 0 aromatic rings. The van der Waals surface area contributed by atoms with E-state index in [1.54, 1.807) is 0 Å². The van der Waals surface area contributed by atoms with Crippen molar-refractivity contribution in [2.24, 2.45) is 0 Å². The van der Waals surface area contributed by atoms with E-state index in [9.17, 15) is 0 Å². The lowest BCUT2D eigenvalue weighted by Gasteiger charge is -2.34. The van der Waals surface area contributed by atoms with E-state index in [1.807, 2.05) is 0 Å². The van der Waals surface area contributed by atoms with Crippen LogP contribution < -0.4 is 0 Å². The van der Waals surface area contributed by atoms with E-state index >= 15 is 0 Å². The molecule has 0 saturated heterocycles. The van der Waals surface area contributed by atoms with Crippen molar-refractivity contribution in [1.29, 1.82) is 0 Å². The van der Waals surface area contributed by atoms with Gasteiger partial charge in [-0.1, -0.05) is 0 Å². The zero-order chi connectivity index (χ0) is 11.8. The average Bonchev–Trinajstić information content (AvgIpc) is 2.07. The Morgan fingerprint density at radius 1 is 1.00 bits per heavy atom. The zero-order valence-corrected chi connectivity index (χ0v) is 10.7. The van der Waals surface area contributed by atoms with Crippen molar-refractivity contribution in [3.05, 3.63) is 0 Å². The first kappa shape index (κ1) is 20.2. The molecule has 0 aromatic carbocycles. The summed E-state index contributed by atoms with van der Waals surface area (Å²) in [4.78, 5) is 0. The van der Waals surface area contributed by atoms with Gasteiger partial charge in [0, 0.05) is 0 Å². The van der Waals surface area contributed by atoms with E-state index in [2.05, 4.69) is 27.7 Å². The smallest absolute Gasteiger partial charge is 0.215 e. The van der Waals surface area contributed by atoms with Crippen molar-refractivity contribution < 1.29 is 27.5 Å². The van der Waals surface area contributed by atoms with Crippen LogP contribution in [0.3, 0.4) is 0 Å². The van der Waals surface area contributed by atoms with Gasteiger partial charge in [0.15, 0.2) is 0 Å². The van der Waals surface area contributed by atoms with E-state index in [0.717, 1.165) is 0 Å². The molecular formula is C8H23NO5S. The minimum atomic E-state index is -4.92. The van der Waals surface area contributed by atoms with Gasteiger partial charge in [0.2, 0.25) is 10.4 Å². The van der Waals surface area contributed by atoms with E-state index in [-0.39, 0.29) is 5.48 Å². The van der Waals surface area contributed by atoms with E-state index < -0.39 is 10.4 Å². The highest BCUT2D eigenvalue weighted by Crippen LogP contribution is 2.03. The lowest BCUT2D eigenvalue weighted by atomic mass is 10.3. The van der Waals surface area contributed by atoms with Gasteiger partial charge in [0.25, 0.3) is 0 Å². The van der Waals surface area contributed by atoms with Crippen LogP contribution in [-0.4, -0.2) is 53.7 Å². The van der Waals surface area contributed by atoms with E-state index in [0.29, 0.717) is 0 Å². The number of hydrogen-bond acceptors (Lipinski definition) is 3. The second kappa shape index (κ2) is 9.05. The molecule has 0 radical (unpaired) electrons. The lowest BCUT2D eigenvalue weighted by Crippen LogP contribution is -2.47. The normalized spacial score (nSPS) is 11.1. The maximum atomic E-state index is 8.63. The minimum Gasteiger partial charge on any atom is -0.726 e. The Kier molecular flexibility index (Phi) is 12.2. The molecule has 0 aliphatic heterocycles. The van der Waals surface area contributed by atoms with Crippen molar-refractivity contribution in [3.8, 4) is 0 Å². The summed E-state index contributed by atoms with van der Waals surface area (Å²) in [7, 11) is -4.92. The Morgan fingerprint density at radius 2 is 1.13 bits per heavy atom. The van der Waals surface area contributed by atoms with Gasteiger partial charge in [-0.2, -0.15) is 0 Å². The molecule has 0 rings (SSSR count). The quantitative estimate of drug-likeness (QED) is 0.429. The molecule has 15 heavy (non-hydrogen) atoms. The summed E-state index contributed by atoms with van der Waals surface area (Å²) in [6.45, 7) is 14.2. The standard InChI is InChI=1S/C8H20N.H2O4S.H2O/c1-5-9(6-2,7-3)8-4;1-5(2,3)4;/h5-8H2,1-4H3;(H2,1,2,3,4);1H2/q+1;;/p-1. The van der Waals surface area contributed by atoms with Crippen molar-refractivity contribution in [3.63, 3.8) is 0 Å². The predicted octanol–water partition coefficient (Wildman–Crippen LogP) is 0.0627. The molecule has 0 amide bonds. The summed E-state index contributed by atoms with van der Waals surface area (Å²) in [5.74, 6) is 0. The SMILES string of the molecule is CC[N+](CC)(CC)CC.O.O=S(=O)([O-])O. The average molecular weight is 245 g/mol. The van der Waals surface area contributed by atoms with Crippen LogP contribution >= 0.6 is 0 Å². The van der Waals surface area contributed by atoms with Gasteiger partial charge in [-0.15, -0.1) is 0 Å². The summed E-state index contributed by atoms with van der Waals surface area (Å²) in [5.41, 5.74) is 0. The van der Waals surface area contributed by atoms with Gasteiger partial charge in [-0.05, 0) is 27.7 Å². The molecule has 3 N–H and O–H groups in total. The molecule has 0 aliphatic carbocycles. The van der Waals surface area contributed by atoms with Gasteiger partial charge in [-0.3, -0.25) is 4.55 Å². The Bertz CT molecular complexity index is 198. The monoisotopic (exact) mass is 245 g/mol. The fraction of sp³-hybridized carbons (Fsp3) is 1.00. The Morgan fingerprint density at radius 3 is 1.13 bits per heavy atom. The fourth-order valence-corrected chi connectivity index (χ4v) is 1.34. The maximum absolute atomic E-state index is 8.63. The topological polar surface area (TPSA) is 109 Å². The van der Waals surface area contributed by atoms with Gasteiger partial charge in [-0.25, -0.2) is 8.42 Å². The maximum Gasteiger partial charge on any atom is 0.215 e. The fourth-order valence-electron chi connectivity index (χ4n) is 1.34. The van der Waals surface area contributed by atoms with Gasteiger partial charge in [0.1, 0.15) is 0 Å². The molecular weight excluding hydrogens is 222 g/mol. The van der Waals surface area contributed by atoms with Crippen LogP contribution in [0.1, 0.15) is 27.7 Å². The Labute approximate surface area is 92.4 Å². The molecule has 7 heteroatoms. The van der Waals surface area contributed by atoms with Crippen molar-refractivity contribution in [2.75, 3.05) is 26.2 Å². The van der Waals surface area contributed by atoms with Crippen LogP contribution in [0.2, 0.25) is 0 Å². The molecule has 0 aliphatic rings. The molecule has 0 fully saturated rings. The van der Waals surface area contributed by atoms with Crippen LogP contribution in [0.15, 0.2) is 0 Å². The molecule has 0 heterocycles. The predicted molar refractivity (Wildman–Crippen MR) is 58.4 cm³/mol. The summed E-state index contributed by atoms with van der Waals surface area (Å²) in [6, 6.07) is 0. The minimum absolute atomic E-state index is 0. The van der Waals surface area contributed by atoms with E-state index in [1.165, 1.54) is 30.7 Å². The first-order chi connectivity index (χ1) is 6.24. The molecule has 0 spiro atoms. The second-order valence-electron chi connectivity index (χ2n) is 3.03. The second-order valence-corrected chi connectivity index (χ2v) is 3.89. The third-order valence-corrected chi connectivity index (χ3v) is 2.68. The first-order valence-corrected chi connectivity index (χ1v) is 6.14. The molecule has 0 aromatic heterocycles. The number of quaternary nitrogens is 1. The number of nitrogens with zero attached hydrogens (tertiary/aromatic N) is 1. The largest absolute Gasteiger partial charge is 0.726 e. The molecule has 0 atom stereocenters. The first-order valence-electron chi connectivity index (χ1n) is 4.78. The summed E-state index contributed by atoms with van der Waals surface area (Å²) in [6.07, 6.45) is 0. The van der Waals surface area contributed by atoms with Crippen LogP contribution in [0.4, 0.5) is 0 Å². The van der Waals surface area contributed by atoms with Gasteiger partial charge in [0.05, 0.1) is 26.2 Å². The van der Waals surface area contributed by atoms with Crippen molar-refractivity contribution in [2.45, 2.75) is 27.7 Å². The van der Waals surface area contributed by atoms with Crippen LogP contribution in [0.5, 0.6) is 0 Å². The highest BCUT2D eigenvalue weighted by Gasteiger charge is 2.16. The van der Waals surface area contributed by atoms with Gasteiger partial charge >= 0.3 is 0 Å². The Balaban J connectivity index is -0.000000208. The van der Waals surface area contributed by atoms with Crippen molar-refractivity contribution in [1.82, 2.24) is 0 Å². The number of hydrogen-bond donors (Lipinski definition) is 1. The highest BCUT2D eigenvalue weighted by atomic mass is 32.3. The number of rotatable bonds is 4. The molecule has 0 saturated carbocycles. The van der Waals surface area contributed by atoms with E-state index in [4.69, 9.17) is 17.5 Å². The van der Waals surface area contributed by atoms with Crippen LogP contribution in [0, 0.1) is 0 Å². The van der Waals surface area contributed by atoms with Gasteiger partial charge < -0.3 is 14.5 Å². The highest BCUT2D eigenvalue weighted by molar-refractivity contribution is 7.79. The zero-order valence-electron chi connectivity index (χ0n) is 9.86. The van der Waals surface area contributed by atoms with Crippen LogP contribution in [-0.2, 0) is 10.4 Å². The lowest BCUT2D eigenvalue weighted by molar-refractivity contribution is -0.921. The molecule has 96 valence electrons. The molecule has 6 nitrogen and oxygen atoms in total. The van der Waals surface area contributed by atoms with Crippen molar-refractivity contribution >= 4 is 10.4 Å². The van der Waals surface area contributed by atoms with Crippen LogP contribution in [0.25, 0.3) is 0 Å². The molecule has 0 unspecified atom stereocenters. The summed E-state index contributed by atoms with van der Waals surface area (Å²) < 4.78 is 34.1. The third-order valence-electron chi connectivity index (χ3n) is 2.68. The molecule has 0 bridgehead atoms. The third kappa shape index (κ3) is 13.8. The summed E-state index contributed by atoms with van der Waals surface area (Å²) >= 11 is 0. The Hall–Kier alpha value is -0.210. The summed E-state index contributed by atoms with van der Waals surface area (Å²) in [5, 5.41) is 0.